The number of hydrogen-bond donors (Lipinski definition) is 2. The number of likely N-dealkylation sites (tertiary alicyclic amines) is 1. The zero-order chi connectivity index (χ0) is 20.1. The molecule has 2 N–H and O–H groups in total. The minimum atomic E-state index is -3.54. The second-order valence-corrected chi connectivity index (χ2v) is 8.89. The molecular formula is C21H27N3O3S. The number of urea groups is 1. The number of hydrogen-bond acceptors (Lipinski definition) is 3. The van der Waals surface area contributed by atoms with Crippen LogP contribution in [0.2, 0.25) is 0 Å². The average molecular weight is 402 g/mol. The van der Waals surface area contributed by atoms with Crippen molar-refractivity contribution in [3.63, 3.8) is 0 Å². The molecule has 0 aliphatic carbocycles. The maximum absolute atomic E-state index is 12.5. The Labute approximate surface area is 167 Å². The summed E-state index contributed by atoms with van der Waals surface area (Å²) in [4.78, 5) is 14.4. The fourth-order valence-electron chi connectivity index (χ4n) is 3.23. The molecule has 0 radical (unpaired) electrons. The van der Waals surface area contributed by atoms with Crippen LogP contribution in [0.25, 0.3) is 0 Å². The van der Waals surface area contributed by atoms with Crippen LogP contribution in [-0.2, 0) is 16.4 Å². The molecule has 0 aromatic heterocycles. The predicted molar refractivity (Wildman–Crippen MR) is 111 cm³/mol. The molecule has 2 aromatic carbocycles. The summed E-state index contributed by atoms with van der Waals surface area (Å²) in [7, 11) is -3.54. The van der Waals surface area contributed by atoms with Crippen molar-refractivity contribution in [1.82, 2.24) is 9.62 Å². The Bertz CT molecular complexity index is 901. The van der Waals surface area contributed by atoms with Gasteiger partial charge in [-0.25, -0.2) is 17.9 Å². The van der Waals surface area contributed by atoms with Crippen molar-refractivity contribution in [2.45, 2.75) is 44.0 Å². The van der Waals surface area contributed by atoms with Crippen molar-refractivity contribution in [3.05, 3.63) is 59.7 Å². The van der Waals surface area contributed by atoms with Crippen molar-refractivity contribution >= 4 is 21.7 Å². The molecule has 7 heteroatoms. The van der Waals surface area contributed by atoms with E-state index in [0.29, 0.717) is 25.9 Å². The van der Waals surface area contributed by atoms with Crippen molar-refractivity contribution < 1.29 is 13.2 Å². The summed E-state index contributed by atoms with van der Waals surface area (Å²) in [5, 5.41) is 2.91. The van der Waals surface area contributed by atoms with Gasteiger partial charge in [0.15, 0.2) is 0 Å². The highest BCUT2D eigenvalue weighted by Crippen LogP contribution is 2.17. The highest BCUT2D eigenvalue weighted by Gasteiger charge is 2.26. The normalized spacial score (nSPS) is 15.4. The van der Waals surface area contributed by atoms with Gasteiger partial charge in [-0.3, -0.25) is 0 Å². The second-order valence-electron chi connectivity index (χ2n) is 7.18. The molecule has 0 saturated carbocycles. The number of piperidine rings is 1. The van der Waals surface area contributed by atoms with E-state index in [0.717, 1.165) is 17.7 Å². The van der Waals surface area contributed by atoms with Crippen molar-refractivity contribution in [3.8, 4) is 0 Å². The largest absolute Gasteiger partial charge is 0.324 e. The smallest absolute Gasteiger partial charge is 0.321 e. The first-order valence-electron chi connectivity index (χ1n) is 9.61. The number of anilines is 1. The topological polar surface area (TPSA) is 78.5 Å². The highest BCUT2D eigenvalue weighted by atomic mass is 32.2. The molecule has 3 rings (SSSR count). The van der Waals surface area contributed by atoms with Crippen LogP contribution in [0.5, 0.6) is 0 Å². The second kappa shape index (κ2) is 8.75. The number of sulfonamides is 1. The lowest BCUT2D eigenvalue weighted by molar-refractivity contribution is 0.193. The Morgan fingerprint density at radius 2 is 1.64 bits per heavy atom. The zero-order valence-corrected chi connectivity index (χ0v) is 17.1. The summed E-state index contributed by atoms with van der Waals surface area (Å²) in [6, 6.07) is 14.3. The minimum Gasteiger partial charge on any atom is -0.324 e. The summed E-state index contributed by atoms with van der Waals surface area (Å²) in [5.74, 6) is 0. The summed E-state index contributed by atoms with van der Waals surface area (Å²) < 4.78 is 27.8. The van der Waals surface area contributed by atoms with Gasteiger partial charge in [-0.15, -0.1) is 0 Å². The molecule has 0 bridgehead atoms. The summed E-state index contributed by atoms with van der Waals surface area (Å²) >= 11 is 0. The van der Waals surface area contributed by atoms with Gasteiger partial charge < -0.3 is 10.2 Å². The summed E-state index contributed by atoms with van der Waals surface area (Å²) in [6.07, 6.45) is 2.14. The summed E-state index contributed by atoms with van der Waals surface area (Å²) in [6.45, 7) is 5.04. The van der Waals surface area contributed by atoms with E-state index < -0.39 is 10.0 Å². The van der Waals surface area contributed by atoms with Gasteiger partial charge in [0.2, 0.25) is 10.0 Å². The third kappa shape index (κ3) is 5.11. The van der Waals surface area contributed by atoms with E-state index >= 15 is 0 Å². The van der Waals surface area contributed by atoms with Crippen LogP contribution in [0.4, 0.5) is 10.5 Å². The lowest BCUT2D eigenvalue weighted by atomic mass is 10.1. The lowest BCUT2D eigenvalue weighted by Gasteiger charge is -2.32. The van der Waals surface area contributed by atoms with Gasteiger partial charge in [0.05, 0.1) is 4.90 Å². The molecule has 1 aliphatic heterocycles. The first-order chi connectivity index (χ1) is 13.4. The summed E-state index contributed by atoms with van der Waals surface area (Å²) in [5.41, 5.74) is 3.01. The van der Waals surface area contributed by atoms with Crippen LogP contribution in [0, 0.1) is 6.92 Å². The molecule has 0 unspecified atom stereocenters. The van der Waals surface area contributed by atoms with Gasteiger partial charge in [-0.1, -0.05) is 36.8 Å². The maximum atomic E-state index is 12.5. The van der Waals surface area contributed by atoms with Crippen molar-refractivity contribution in [2.24, 2.45) is 0 Å². The number of nitrogens with one attached hydrogen (secondary N) is 2. The third-order valence-corrected chi connectivity index (χ3v) is 6.59. The molecule has 1 fully saturated rings. The molecule has 2 amide bonds. The van der Waals surface area contributed by atoms with Crippen LogP contribution < -0.4 is 10.0 Å². The highest BCUT2D eigenvalue weighted by molar-refractivity contribution is 7.89. The van der Waals surface area contributed by atoms with Crippen molar-refractivity contribution in [1.29, 1.82) is 0 Å². The molecule has 1 heterocycles. The molecule has 150 valence electrons. The van der Waals surface area contributed by atoms with Gasteiger partial charge in [-0.2, -0.15) is 0 Å². The monoisotopic (exact) mass is 401 g/mol. The van der Waals surface area contributed by atoms with Crippen LogP contribution in [0.3, 0.4) is 0 Å². The molecule has 1 saturated heterocycles. The van der Waals surface area contributed by atoms with Gasteiger partial charge in [0, 0.05) is 24.8 Å². The first-order valence-corrected chi connectivity index (χ1v) is 11.1. The van der Waals surface area contributed by atoms with E-state index in [9.17, 15) is 13.2 Å². The van der Waals surface area contributed by atoms with Crippen LogP contribution >= 0.6 is 0 Å². The van der Waals surface area contributed by atoms with E-state index in [1.165, 1.54) is 5.56 Å². The quantitative estimate of drug-likeness (QED) is 0.804. The Hall–Kier alpha value is -2.38. The van der Waals surface area contributed by atoms with Gasteiger partial charge in [0.25, 0.3) is 0 Å². The van der Waals surface area contributed by atoms with E-state index in [1.807, 2.05) is 31.2 Å². The lowest BCUT2D eigenvalue weighted by Crippen LogP contribution is -2.47. The first kappa shape index (κ1) is 20.4. The number of carbonyl (C=O) groups excluding carboxylic acids is 1. The van der Waals surface area contributed by atoms with Gasteiger partial charge in [-0.05, 0) is 56.0 Å². The van der Waals surface area contributed by atoms with Crippen molar-refractivity contribution in [2.75, 3.05) is 18.4 Å². The molecular weight excluding hydrogens is 374 g/mol. The predicted octanol–water partition coefficient (Wildman–Crippen LogP) is 3.53. The zero-order valence-electron chi connectivity index (χ0n) is 16.3. The van der Waals surface area contributed by atoms with Crippen LogP contribution in [-0.4, -0.2) is 38.5 Å². The van der Waals surface area contributed by atoms with Gasteiger partial charge in [0.1, 0.15) is 0 Å². The Balaban J connectivity index is 1.52. The van der Waals surface area contributed by atoms with E-state index in [1.54, 1.807) is 29.2 Å². The number of amides is 2. The van der Waals surface area contributed by atoms with E-state index in [2.05, 4.69) is 17.0 Å². The fraction of sp³-hybridized carbons (Fsp3) is 0.381. The average Bonchev–Trinajstić information content (AvgIpc) is 2.69. The SMILES string of the molecule is CCc1ccc(NC(=O)N2CCC(NS(=O)(=O)c3ccc(C)cc3)CC2)cc1. The third-order valence-electron chi connectivity index (χ3n) is 5.05. The molecule has 0 spiro atoms. The molecule has 1 aliphatic rings. The van der Waals surface area contributed by atoms with Crippen LogP contribution in [0.15, 0.2) is 53.4 Å². The molecule has 6 nitrogen and oxygen atoms in total. The van der Waals surface area contributed by atoms with Gasteiger partial charge >= 0.3 is 6.03 Å². The number of benzene rings is 2. The number of carbonyl (C=O) groups is 1. The Morgan fingerprint density at radius 1 is 1.04 bits per heavy atom. The molecule has 0 atom stereocenters. The standard InChI is InChI=1S/C21H27N3O3S/c1-3-17-6-8-18(9-7-17)22-21(25)24-14-12-19(13-15-24)23-28(26,27)20-10-4-16(2)5-11-20/h4-11,19,23H,3,12-15H2,1-2H3,(H,22,25). The molecule has 2 aromatic rings. The number of rotatable bonds is 5. The Morgan fingerprint density at radius 3 is 2.21 bits per heavy atom. The maximum Gasteiger partial charge on any atom is 0.321 e. The van der Waals surface area contributed by atoms with Crippen LogP contribution in [0.1, 0.15) is 30.9 Å². The number of nitrogens with zero attached hydrogens (tertiary/aromatic N) is 1. The van der Waals surface area contributed by atoms with E-state index in [-0.39, 0.29) is 17.0 Å². The fourth-order valence-corrected chi connectivity index (χ4v) is 4.54. The van der Waals surface area contributed by atoms with E-state index in [4.69, 9.17) is 0 Å². The Kier molecular flexibility index (Phi) is 6.36. The number of aryl methyl sites for hydroxylation is 2. The minimum absolute atomic E-state index is 0.149. The molecule has 28 heavy (non-hydrogen) atoms.